The number of carbonyl (C=O) groups excluding carboxylic acids is 2. The van der Waals surface area contributed by atoms with Crippen molar-refractivity contribution >= 4 is 23.6 Å². The number of amides is 2. The van der Waals surface area contributed by atoms with Crippen LogP contribution in [0.3, 0.4) is 0 Å². The Hall–Kier alpha value is -3.00. The maximum Gasteiger partial charge on any atom is 0.261 e. The van der Waals surface area contributed by atoms with Crippen molar-refractivity contribution in [1.29, 1.82) is 0 Å². The second-order valence-electron chi connectivity index (χ2n) is 6.81. The number of pyridine rings is 1. The number of fused-ring (bicyclic) bond motifs is 1. The average molecular weight is 391 g/mol. The van der Waals surface area contributed by atoms with Crippen molar-refractivity contribution in [2.24, 2.45) is 0 Å². The standard InChI is InChI=1S/C20H17N5O2S/c26-18-15-5-1-2-6-16(15)19(27)24(18)10-11-28-20-23-22-17(25(20)14-7-8-14)13-4-3-9-21-12-13/h1-6,9,12,14H,7-8,10-11H2. The van der Waals surface area contributed by atoms with Crippen molar-refractivity contribution in [3.8, 4) is 11.4 Å². The quantitative estimate of drug-likeness (QED) is 0.475. The predicted molar refractivity (Wildman–Crippen MR) is 104 cm³/mol. The van der Waals surface area contributed by atoms with Crippen molar-refractivity contribution in [2.45, 2.75) is 24.0 Å². The van der Waals surface area contributed by atoms with E-state index in [2.05, 4.69) is 19.7 Å². The fourth-order valence-corrected chi connectivity index (χ4v) is 4.33. The Morgan fingerprint density at radius 3 is 2.39 bits per heavy atom. The summed E-state index contributed by atoms with van der Waals surface area (Å²) in [6.45, 7) is 0.344. The minimum absolute atomic E-state index is 0.221. The second kappa shape index (κ2) is 6.87. The first-order valence-electron chi connectivity index (χ1n) is 9.17. The van der Waals surface area contributed by atoms with E-state index in [4.69, 9.17) is 0 Å². The van der Waals surface area contributed by atoms with Gasteiger partial charge in [-0.1, -0.05) is 23.9 Å². The van der Waals surface area contributed by atoms with Crippen LogP contribution >= 0.6 is 11.8 Å². The Morgan fingerprint density at radius 2 is 1.75 bits per heavy atom. The highest BCUT2D eigenvalue weighted by atomic mass is 32.2. The molecule has 0 N–H and O–H groups in total. The molecule has 1 aliphatic heterocycles. The van der Waals surface area contributed by atoms with Gasteiger partial charge in [0, 0.05) is 36.3 Å². The summed E-state index contributed by atoms with van der Waals surface area (Å²) in [6.07, 6.45) is 5.74. The third-order valence-corrected chi connectivity index (χ3v) is 5.84. The summed E-state index contributed by atoms with van der Waals surface area (Å²) in [5.41, 5.74) is 1.91. The number of hydrogen-bond donors (Lipinski definition) is 0. The van der Waals surface area contributed by atoms with Crippen molar-refractivity contribution < 1.29 is 9.59 Å². The van der Waals surface area contributed by atoms with Gasteiger partial charge in [-0.05, 0) is 37.1 Å². The monoisotopic (exact) mass is 391 g/mol. The highest BCUT2D eigenvalue weighted by Gasteiger charge is 2.35. The molecule has 0 radical (unpaired) electrons. The van der Waals surface area contributed by atoms with Crippen LogP contribution in [0, 0.1) is 0 Å². The molecule has 28 heavy (non-hydrogen) atoms. The minimum Gasteiger partial charge on any atom is -0.299 e. The molecule has 2 amide bonds. The van der Waals surface area contributed by atoms with Crippen LogP contribution in [0.25, 0.3) is 11.4 Å². The molecule has 2 aliphatic rings. The van der Waals surface area contributed by atoms with E-state index in [1.54, 1.807) is 36.7 Å². The molecule has 0 spiro atoms. The van der Waals surface area contributed by atoms with Crippen LogP contribution in [0.2, 0.25) is 0 Å². The van der Waals surface area contributed by atoms with E-state index in [0.29, 0.717) is 29.5 Å². The summed E-state index contributed by atoms with van der Waals surface area (Å²) in [5.74, 6) is 0.948. The molecule has 140 valence electrons. The zero-order chi connectivity index (χ0) is 19.1. The fraction of sp³-hybridized carbons (Fsp3) is 0.250. The van der Waals surface area contributed by atoms with Crippen molar-refractivity contribution in [3.63, 3.8) is 0 Å². The molecule has 1 aromatic carbocycles. The van der Waals surface area contributed by atoms with Gasteiger partial charge in [0.05, 0.1) is 11.1 Å². The number of rotatable bonds is 6. The van der Waals surface area contributed by atoms with E-state index < -0.39 is 0 Å². The van der Waals surface area contributed by atoms with Gasteiger partial charge in [0.1, 0.15) is 0 Å². The third-order valence-electron chi connectivity index (χ3n) is 4.92. The number of benzene rings is 1. The Labute approximate surface area is 165 Å². The SMILES string of the molecule is O=C1c2ccccc2C(=O)N1CCSc1nnc(-c2cccnc2)n1C1CC1. The lowest BCUT2D eigenvalue weighted by Crippen LogP contribution is -2.31. The van der Waals surface area contributed by atoms with Crippen LogP contribution in [0.4, 0.5) is 0 Å². The first kappa shape index (κ1) is 17.1. The topological polar surface area (TPSA) is 81.0 Å². The summed E-state index contributed by atoms with van der Waals surface area (Å²) < 4.78 is 2.16. The Morgan fingerprint density at radius 1 is 1.00 bits per heavy atom. The predicted octanol–water partition coefficient (Wildman–Crippen LogP) is 3.06. The van der Waals surface area contributed by atoms with E-state index in [9.17, 15) is 9.59 Å². The number of hydrogen-bond acceptors (Lipinski definition) is 6. The molecule has 7 nitrogen and oxygen atoms in total. The zero-order valence-corrected chi connectivity index (χ0v) is 15.8. The lowest BCUT2D eigenvalue weighted by atomic mass is 10.1. The highest BCUT2D eigenvalue weighted by Crippen LogP contribution is 2.41. The molecule has 5 rings (SSSR count). The number of imide groups is 1. The molecule has 0 saturated heterocycles. The van der Waals surface area contributed by atoms with Gasteiger partial charge in [-0.3, -0.25) is 24.0 Å². The van der Waals surface area contributed by atoms with Crippen molar-refractivity contribution in [1.82, 2.24) is 24.6 Å². The van der Waals surface area contributed by atoms with Crippen LogP contribution in [-0.2, 0) is 0 Å². The second-order valence-corrected chi connectivity index (χ2v) is 7.87. The molecule has 0 atom stereocenters. The first-order chi connectivity index (χ1) is 13.7. The number of thioether (sulfide) groups is 1. The Bertz CT molecular complexity index is 1030. The zero-order valence-electron chi connectivity index (χ0n) is 15.0. The van der Waals surface area contributed by atoms with E-state index in [1.165, 1.54) is 16.7 Å². The van der Waals surface area contributed by atoms with E-state index in [0.717, 1.165) is 29.4 Å². The van der Waals surface area contributed by atoms with Gasteiger partial charge in [0.2, 0.25) is 0 Å². The van der Waals surface area contributed by atoms with Crippen molar-refractivity contribution in [2.75, 3.05) is 12.3 Å². The molecule has 8 heteroatoms. The molecule has 3 heterocycles. The van der Waals surface area contributed by atoms with Gasteiger partial charge in [-0.15, -0.1) is 10.2 Å². The summed E-state index contributed by atoms with van der Waals surface area (Å²) >= 11 is 1.52. The number of nitrogens with zero attached hydrogens (tertiary/aromatic N) is 5. The van der Waals surface area contributed by atoms with Gasteiger partial charge in [-0.2, -0.15) is 0 Å². The third kappa shape index (κ3) is 2.90. The van der Waals surface area contributed by atoms with Crippen molar-refractivity contribution in [3.05, 3.63) is 59.9 Å². The van der Waals surface area contributed by atoms with E-state index in [-0.39, 0.29) is 11.8 Å². The smallest absolute Gasteiger partial charge is 0.261 e. The maximum atomic E-state index is 12.5. The van der Waals surface area contributed by atoms with Gasteiger partial charge in [0.25, 0.3) is 11.8 Å². The van der Waals surface area contributed by atoms with Gasteiger partial charge in [0.15, 0.2) is 11.0 Å². The Kier molecular flexibility index (Phi) is 4.20. The fourth-order valence-electron chi connectivity index (χ4n) is 3.40. The molecule has 0 bridgehead atoms. The molecule has 1 saturated carbocycles. The lowest BCUT2D eigenvalue weighted by molar-refractivity contribution is 0.0664. The van der Waals surface area contributed by atoms with Gasteiger partial charge < -0.3 is 0 Å². The lowest BCUT2D eigenvalue weighted by Gasteiger charge is -2.13. The molecular weight excluding hydrogens is 374 g/mol. The molecule has 1 aliphatic carbocycles. The summed E-state index contributed by atoms with van der Waals surface area (Å²) in [6, 6.07) is 11.2. The highest BCUT2D eigenvalue weighted by molar-refractivity contribution is 7.99. The molecule has 3 aromatic rings. The summed E-state index contributed by atoms with van der Waals surface area (Å²) in [4.78, 5) is 30.4. The van der Waals surface area contributed by atoms with Gasteiger partial charge in [-0.25, -0.2) is 0 Å². The number of aromatic nitrogens is 4. The van der Waals surface area contributed by atoms with Crippen LogP contribution in [0.5, 0.6) is 0 Å². The summed E-state index contributed by atoms with van der Waals surface area (Å²) in [5, 5.41) is 9.54. The average Bonchev–Trinajstić information content (AvgIpc) is 3.45. The van der Waals surface area contributed by atoms with Crippen LogP contribution in [0.1, 0.15) is 39.6 Å². The maximum absolute atomic E-state index is 12.5. The normalized spacial score (nSPS) is 15.9. The van der Waals surface area contributed by atoms with Crippen LogP contribution in [-0.4, -0.2) is 48.8 Å². The molecular formula is C20H17N5O2S. The van der Waals surface area contributed by atoms with E-state index in [1.807, 2.05) is 12.1 Å². The largest absolute Gasteiger partial charge is 0.299 e. The summed E-state index contributed by atoms with van der Waals surface area (Å²) in [7, 11) is 0. The molecule has 2 aromatic heterocycles. The number of carbonyl (C=O) groups is 2. The van der Waals surface area contributed by atoms with E-state index >= 15 is 0 Å². The van der Waals surface area contributed by atoms with Gasteiger partial charge >= 0.3 is 0 Å². The minimum atomic E-state index is -0.221. The van der Waals surface area contributed by atoms with Crippen LogP contribution in [0.15, 0.2) is 53.9 Å². The van der Waals surface area contributed by atoms with Crippen LogP contribution < -0.4 is 0 Å². The molecule has 1 fully saturated rings. The Balaban J connectivity index is 1.31. The first-order valence-corrected chi connectivity index (χ1v) is 10.2. The molecule has 0 unspecified atom stereocenters.